The molecule has 4 unspecified atom stereocenters. The lowest BCUT2D eigenvalue weighted by molar-refractivity contribution is 0.0163. The highest BCUT2D eigenvalue weighted by molar-refractivity contribution is 7.91. The number of hydrogen-bond donors (Lipinski definition) is 0. The summed E-state index contributed by atoms with van der Waals surface area (Å²) >= 11 is 0. The Morgan fingerprint density at radius 2 is 1.14 bits per heavy atom. The van der Waals surface area contributed by atoms with E-state index in [4.69, 9.17) is 9.47 Å². The number of methoxy groups -OCH3 is 1. The van der Waals surface area contributed by atoms with E-state index in [2.05, 4.69) is 38.8 Å². The van der Waals surface area contributed by atoms with Crippen LogP contribution in [0.3, 0.4) is 0 Å². The Kier molecular flexibility index (Phi) is 20.5. The molecule has 0 heterocycles. The van der Waals surface area contributed by atoms with Crippen molar-refractivity contribution >= 4 is 20.0 Å². The summed E-state index contributed by atoms with van der Waals surface area (Å²) in [5, 5.41) is 0. The molecule has 0 fully saturated rings. The largest absolute Gasteiger partial charge is 0.379 e. The maximum atomic E-state index is 12.3. The zero-order valence-corrected chi connectivity index (χ0v) is 26.5. The third-order valence-electron chi connectivity index (χ3n) is 7.00. The van der Waals surface area contributed by atoms with Crippen LogP contribution in [0.2, 0.25) is 0 Å². The predicted octanol–water partition coefficient (Wildman–Crippen LogP) is 6.26. The van der Waals surface area contributed by atoms with Crippen molar-refractivity contribution in [3.63, 3.8) is 0 Å². The average molecular weight is 571 g/mol. The molecule has 0 spiro atoms. The zero-order valence-electron chi connectivity index (χ0n) is 24.9. The van der Waals surface area contributed by atoms with Gasteiger partial charge in [-0.25, -0.2) is 8.42 Å². The summed E-state index contributed by atoms with van der Waals surface area (Å²) < 4.78 is 62.0. The van der Waals surface area contributed by atoms with Crippen molar-refractivity contribution < 1.29 is 30.5 Å². The van der Waals surface area contributed by atoms with Gasteiger partial charge in [0.1, 0.15) is 0 Å². The lowest BCUT2D eigenvalue weighted by atomic mass is 9.91. The van der Waals surface area contributed by atoms with Crippen LogP contribution in [0.15, 0.2) is 0 Å². The number of sulfone groups is 1. The molecule has 0 aliphatic rings. The van der Waals surface area contributed by atoms with E-state index in [0.717, 1.165) is 30.4 Å². The molecule has 9 heteroatoms. The first-order valence-corrected chi connectivity index (χ1v) is 18.0. The van der Waals surface area contributed by atoms with Crippen molar-refractivity contribution in [2.24, 2.45) is 23.7 Å². The summed E-state index contributed by atoms with van der Waals surface area (Å²) in [5.41, 5.74) is 0. The molecular weight excluding hydrogens is 512 g/mol. The van der Waals surface area contributed by atoms with Gasteiger partial charge in [0.2, 0.25) is 0 Å². The molecule has 0 bridgehead atoms. The molecule has 0 N–H and O–H groups in total. The highest BCUT2D eigenvalue weighted by atomic mass is 32.2. The first-order chi connectivity index (χ1) is 17.2. The normalized spacial score (nSPS) is 16.1. The van der Waals surface area contributed by atoms with Gasteiger partial charge in [-0.15, -0.1) is 0 Å². The molecule has 0 saturated carbocycles. The molecule has 0 aromatic heterocycles. The molecule has 224 valence electrons. The first kappa shape index (κ1) is 36.8. The smallest absolute Gasteiger partial charge is 0.264 e. The van der Waals surface area contributed by atoms with Gasteiger partial charge in [0, 0.05) is 13.7 Å². The average Bonchev–Trinajstić information content (AvgIpc) is 2.78. The lowest BCUT2D eigenvalue weighted by Crippen LogP contribution is -2.29. The van der Waals surface area contributed by atoms with Crippen molar-refractivity contribution in [1.82, 2.24) is 0 Å². The van der Waals surface area contributed by atoms with Gasteiger partial charge in [0.05, 0.1) is 37.1 Å². The summed E-state index contributed by atoms with van der Waals surface area (Å²) in [7, 11) is -5.46. The molecule has 0 radical (unpaired) electrons. The van der Waals surface area contributed by atoms with Gasteiger partial charge in [0.25, 0.3) is 10.1 Å². The van der Waals surface area contributed by atoms with E-state index in [1.165, 1.54) is 64.9 Å². The Bertz CT molecular complexity index is 750. The molecule has 4 atom stereocenters. The van der Waals surface area contributed by atoms with E-state index in [9.17, 15) is 16.8 Å². The Balaban J connectivity index is 3.92. The fraction of sp³-hybridized carbons (Fsp3) is 1.00. The van der Waals surface area contributed by atoms with Gasteiger partial charge >= 0.3 is 0 Å². The minimum atomic E-state index is -3.55. The van der Waals surface area contributed by atoms with E-state index < -0.39 is 26.1 Å². The fourth-order valence-corrected chi connectivity index (χ4v) is 6.42. The Labute approximate surface area is 229 Å². The van der Waals surface area contributed by atoms with Crippen molar-refractivity contribution in [3.05, 3.63) is 0 Å². The van der Waals surface area contributed by atoms with Gasteiger partial charge < -0.3 is 9.47 Å². The fourth-order valence-electron chi connectivity index (χ4n) is 4.48. The second-order valence-electron chi connectivity index (χ2n) is 11.7. The van der Waals surface area contributed by atoms with Crippen LogP contribution in [0, 0.1) is 23.7 Å². The summed E-state index contributed by atoms with van der Waals surface area (Å²) in [6.07, 6.45) is 13.3. The maximum absolute atomic E-state index is 12.3. The Morgan fingerprint density at radius 3 is 1.59 bits per heavy atom. The number of rotatable bonds is 25. The molecule has 0 rings (SSSR count). The van der Waals surface area contributed by atoms with E-state index >= 15 is 0 Å². The quantitative estimate of drug-likeness (QED) is 0.0943. The van der Waals surface area contributed by atoms with Crippen LogP contribution in [0.4, 0.5) is 0 Å². The molecule has 37 heavy (non-hydrogen) atoms. The van der Waals surface area contributed by atoms with Crippen LogP contribution in [0.25, 0.3) is 0 Å². The van der Waals surface area contributed by atoms with Crippen molar-refractivity contribution in [2.45, 2.75) is 111 Å². The van der Waals surface area contributed by atoms with E-state index in [1.807, 2.05) is 0 Å². The number of ether oxygens (including phenoxy) is 2. The monoisotopic (exact) mass is 570 g/mol. The lowest BCUT2D eigenvalue weighted by Gasteiger charge is -2.18. The van der Waals surface area contributed by atoms with Crippen LogP contribution in [-0.2, 0) is 33.6 Å². The van der Waals surface area contributed by atoms with Gasteiger partial charge in [-0.2, -0.15) is 8.42 Å². The van der Waals surface area contributed by atoms with Crippen LogP contribution in [0.1, 0.15) is 105 Å². The summed E-state index contributed by atoms with van der Waals surface area (Å²) in [5.74, 6) is 2.75. The van der Waals surface area contributed by atoms with Crippen molar-refractivity contribution in [3.8, 4) is 0 Å². The first-order valence-electron chi connectivity index (χ1n) is 14.4. The molecule has 7 nitrogen and oxygen atoms in total. The van der Waals surface area contributed by atoms with Gasteiger partial charge in [-0.05, 0) is 36.5 Å². The van der Waals surface area contributed by atoms with Gasteiger partial charge in [-0.1, -0.05) is 92.4 Å². The topological polar surface area (TPSA) is 96.0 Å². The van der Waals surface area contributed by atoms with Crippen LogP contribution < -0.4 is 0 Å². The predicted molar refractivity (Wildman–Crippen MR) is 154 cm³/mol. The van der Waals surface area contributed by atoms with Crippen LogP contribution >= 0.6 is 0 Å². The molecule has 0 aliphatic carbocycles. The third kappa shape index (κ3) is 24.6. The molecule has 0 aliphatic heterocycles. The molecule has 0 aromatic carbocycles. The second-order valence-corrected chi connectivity index (χ2v) is 15.6. The molecule has 0 amide bonds. The zero-order chi connectivity index (χ0) is 28.3. The second kappa shape index (κ2) is 20.7. The summed E-state index contributed by atoms with van der Waals surface area (Å²) in [4.78, 5) is 0. The minimum absolute atomic E-state index is 0.125. The van der Waals surface area contributed by atoms with Crippen molar-refractivity contribution in [1.29, 1.82) is 0 Å². The Hall–Kier alpha value is -0.220. The molecular formula is C28H58O7S2. The van der Waals surface area contributed by atoms with Gasteiger partial charge in [0.15, 0.2) is 9.84 Å². The van der Waals surface area contributed by atoms with E-state index in [1.54, 1.807) is 0 Å². The summed E-state index contributed by atoms with van der Waals surface area (Å²) in [6, 6.07) is 0. The standard InChI is InChI=1S/C28H58O7S2/c1-24(2)12-8-13-25(3)14-9-15-26(4)16-10-17-27(5)18-20-34-22-28(33-6)23-37(31,32)21-11-19-35-36(7,29)30/h24-28H,8-23H2,1-7H3. The number of hydrogen-bond acceptors (Lipinski definition) is 7. The van der Waals surface area contributed by atoms with Crippen LogP contribution in [0.5, 0.6) is 0 Å². The highest BCUT2D eigenvalue weighted by Crippen LogP contribution is 2.22. The minimum Gasteiger partial charge on any atom is -0.379 e. The molecule has 0 saturated heterocycles. The summed E-state index contributed by atoms with van der Waals surface area (Å²) in [6.45, 7) is 12.3. The third-order valence-corrected chi connectivity index (χ3v) is 9.38. The van der Waals surface area contributed by atoms with Gasteiger partial charge in [-0.3, -0.25) is 4.18 Å². The van der Waals surface area contributed by atoms with Crippen LogP contribution in [-0.4, -0.2) is 67.6 Å². The highest BCUT2D eigenvalue weighted by Gasteiger charge is 2.20. The van der Waals surface area contributed by atoms with Crippen molar-refractivity contribution in [2.75, 3.05) is 44.7 Å². The maximum Gasteiger partial charge on any atom is 0.264 e. The van der Waals surface area contributed by atoms with E-state index in [-0.39, 0.29) is 31.1 Å². The Morgan fingerprint density at radius 1 is 0.649 bits per heavy atom. The SMILES string of the molecule is COC(COCCC(C)CCCC(C)CCCC(C)CCCC(C)C)CS(=O)(=O)CCCOS(C)(=O)=O. The molecule has 0 aromatic rings. The van der Waals surface area contributed by atoms with E-state index in [0.29, 0.717) is 12.5 Å².